The number of hydrogen-bond donors (Lipinski definition) is 1. The highest BCUT2D eigenvalue weighted by atomic mass is 19.4. The number of aliphatic hydroxyl groups is 1. The molecule has 0 saturated carbocycles. The molecule has 3 aromatic carbocycles. The molecule has 6 nitrogen and oxygen atoms in total. The third kappa shape index (κ3) is 4.20. The highest BCUT2D eigenvalue weighted by Crippen LogP contribution is 2.51. The summed E-state index contributed by atoms with van der Waals surface area (Å²) in [6.07, 6.45) is -6.77. The molecule has 35 heavy (non-hydrogen) atoms. The Morgan fingerprint density at radius 3 is 2.20 bits per heavy atom. The first-order valence-corrected chi connectivity index (χ1v) is 11.1. The minimum Gasteiger partial charge on any atom is -0.493 e. The number of fused-ring (bicyclic) bond motifs is 2. The smallest absolute Gasteiger partial charge is 0.418 e. The molecule has 1 aliphatic rings. The molecule has 0 saturated heterocycles. The minimum absolute atomic E-state index is 0.0394. The summed E-state index contributed by atoms with van der Waals surface area (Å²) < 4.78 is 53.8. The van der Waals surface area contributed by atoms with Gasteiger partial charge in [0.1, 0.15) is 17.3 Å². The van der Waals surface area contributed by atoms with E-state index in [-0.39, 0.29) is 53.6 Å². The van der Waals surface area contributed by atoms with Gasteiger partial charge in [-0.05, 0) is 38.5 Å². The van der Waals surface area contributed by atoms with E-state index in [4.69, 9.17) is 9.47 Å². The van der Waals surface area contributed by atoms with Crippen molar-refractivity contribution in [2.75, 3.05) is 18.1 Å². The fraction of sp³-hybridized carbons (Fsp3) is 0.308. The van der Waals surface area contributed by atoms with Crippen molar-refractivity contribution in [2.24, 2.45) is 0 Å². The Morgan fingerprint density at radius 2 is 1.63 bits per heavy atom. The average molecular weight is 487 g/mol. The molecule has 0 aliphatic carbocycles. The van der Waals surface area contributed by atoms with E-state index in [9.17, 15) is 27.9 Å². The first kappa shape index (κ1) is 24.5. The van der Waals surface area contributed by atoms with Crippen molar-refractivity contribution < 1.29 is 37.3 Å². The monoisotopic (exact) mass is 487 g/mol. The highest BCUT2D eigenvalue weighted by molar-refractivity contribution is 6.17. The Kier molecular flexibility index (Phi) is 6.46. The summed E-state index contributed by atoms with van der Waals surface area (Å²) in [6, 6.07) is 10.2. The van der Waals surface area contributed by atoms with E-state index in [1.807, 2.05) is 0 Å². The predicted molar refractivity (Wildman–Crippen MR) is 124 cm³/mol. The lowest BCUT2D eigenvalue weighted by molar-refractivity contribution is -0.137. The molecular formula is C26H24F3NO5. The van der Waals surface area contributed by atoms with Gasteiger partial charge in [-0.1, -0.05) is 30.3 Å². The molecule has 1 atom stereocenters. The average Bonchev–Trinajstić information content (AvgIpc) is 3.05. The van der Waals surface area contributed by atoms with Crippen molar-refractivity contribution in [3.8, 4) is 11.5 Å². The van der Waals surface area contributed by atoms with Crippen molar-refractivity contribution in [1.82, 2.24) is 0 Å². The molecule has 1 aliphatic heterocycles. The molecule has 1 unspecified atom stereocenters. The van der Waals surface area contributed by atoms with E-state index in [2.05, 4.69) is 0 Å². The van der Waals surface area contributed by atoms with Gasteiger partial charge in [0, 0.05) is 17.2 Å². The highest BCUT2D eigenvalue weighted by Gasteiger charge is 2.46. The minimum atomic E-state index is -4.84. The van der Waals surface area contributed by atoms with Gasteiger partial charge in [-0.15, -0.1) is 0 Å². The Morgan fingerprint density at radius 1 is 1.03 bits per heavy atom. The number of carbonyl (C=O) groups excluding carboxylic acids is 2. The summed E-state index contributed by atoms with van der Waals surface area (Å²) in [5.74, 6) is -0.751. The van der Waals surface area contributed by atoms with Gasteiger partial charge in [0.25, 0.3) is 5.91 Å². The van der Waals surface area contributed by atoms with Gasteiger partial charge in [-0.3, -0.25) is 14.5 Å². The van der Waals surface area contributed by atoms with Crippen molar-refractivity contribution >= 4 is 28.2 Å². The van der Waals surface area contributed by atoms with Crippen molar-refractivity contribution in [3.63, 3.8) is 0 Å². The molecule has 0 fully saturated rings. The van der Waals surface area contributed by atoms with E-state index in [1.54, 1.807) is 38.1 Å². The van der Waals surface area contributed by atoms with Crippen LogP contribution in [0.25, 0.3) is 10.8 Å². The number of benzene rings is 3. The summed E-state index contributed by atoms with van der Waals surface area (Å²) in [6.45, 7) is 5.13. The zero-order valence-electron chi connectivity index (χ0n) is 19.4. The molecule has 0 spiro atoms. The first-order valence-electron chi connectivity index (χ1n) is 11.1. The van der Waals surface area contributed by atoms with Gasteiger partial charge in [0.05, 0.1) is 35.6 Å². The van der Waals surface area contributed by atoms with E-state index < -0.39 is 29.6 Å². The maximum Gasteiger partial charge on any atom is 0.418 e. The van der Waals surface area contributed by atoms with E-state index >= 15 is 0 Å². The fourth-order valence-corrected chi connectivity index (χ4v) is 4.47. The van der Waals surface area contributed by atoms with Crippen molar-refractivity contribution in [1.29, 1.82) is 0 Å². The number of amides is 1. The number of alkyl halides is 3. The third-order valence-electron chi connectivity index (χ3n) is 5.75. The molecule has 1 heterocycles. The number of nitrogens with zero attached hydrogens (tertiary/aromatic N) is 1. The van der Waals surface area contributed by atoms with Crippen LogP contribution in [-0.2, 0) is 17.4 Å². The number of aliphatic hydroxyl groups excluding tert-OH is 1. The second kappa shape index (κ2) is 9.22. The van der Waals surface area contributed by atoms with Crippen LogP contribution in [0.3, 0.4) is 0 Å². The number of ether oxygens (including phenoxy) is 2. The molecule has 4 rings (SSSR count). The van der Waals surface area contributed by atoms with Crippen LogP contribution in [0.2, 0.25) is 0 Å². The molecule has 0 radical (unpaired) electrons. The molecule has 1 amide bonds. The summed E-state index contributed by atoms with van der Waals surface area (Å²) >= 11 is 0. The number of Topliss-reactive ketones (excluding diaryl/α,β-unsaturated/α-hetero) is 1. The summed E-state index contributed by atoms with van der Waals surface area (Å²) in [5.41, 5.74) is -1.48. The molecule has 1 N–H and O–H groups in total. The molecule has 3 aromatic rings. The number of carbonyl (C=O) groups is 2. The van der Waals surface area contributed by atoms with Crippen LogP contribution in [0.1, 0.15) is 54.0 Å². The SMILES string of the molecule is CCOc1c2c(c(OCC)c3ccccc13)C(O)N(c1ccc(CC(C)=O)cc1C(F)(F)F)C2=O. The maximum absolute atomic E-state index is 14.1. The van der Waals surface area contributed by atoms with Crippen LogP contribution in [0.15, 0.2) is 42.5 Å². The number of anilines is 1. The Balaban J connectivity index is 1.98. The Bertz CT molecular complexity index is 1320. The summed E-state index contributed by atoms with van der Waals surface area (Å²) in [5, 5.41) is 12.4. The lowest BCUT2D eigenvalue weighted by Crippen LogP contribution is -2.30. The molecular weight excluding hydrogens is 463 g/mol. The van der Waals surface area contributed by atoms with E-state index in [0.29, 0.717) is 15.7 Å². The van der Waals surface area contributed by atoms with Gasteiger partial charge in [-0.25, -0.2) is 0 Å². The van der Waals surface area contributed by atoms with E-state index in [0.717, 1.165) is 12.1 Å². The summed E-state index contributed by atoms with van der Waals surface area (Å²) in [4.78, 5) is 25.8. The molecule has 0 aromatic heterocycles. The van der Waals surface area contributed by atoms with Gasteiger partial charge in [0.15, 0.2) is 6.23 Å². The number of halogens is 3. The maximum atomic E-state index is 14.1. The second-order valence-electron chi connectivity index (χ2n) is 8.14. The number of rotatable bonds is 7. The second-order valence-corrected chi connectivity index (χ2v) is 8.14. The molecule has 184 valence electrons. The topological polar surface area (TPSA) is 76.1 Å². The lowest BCUT2D eigenvalue weighted by Gasteiger charge is -2.25. The first-order chi connectivity index (χ1) is 16.6. The quantitative estimate of drug-likeness (QED) is 0.481. The molecule has 9 heteroatoms. The Labute approximate surface area is 199 Å². The fourth-order valence-electron chi connectivity index (χ4n) is 4.47. The Hall–Kier alpha value is -3.59. The third-order valence-corrected chi connectivity index (χ3v) is 5.75. The predicted octanol–water partition coefficient (Wildman–Crippen LogP) is 5.44. The van der Waals surface area contributed by atoms with Crippen LogP contribution >= 0.6 is 0 Å². The zero-order chi connectivity index (χ0) is 25.5. The number of hydrogen-bond acceptors (Lipinski definition) is 5. The molecule has 0 bridgehead atoms. The van der Waals surface area contributed by atoms with Gasteiger partial charge in [0.2, 0.25) is 0 Å². The van der Waals surface area contributed by atoms with Crippen molar-refractivity contribution in [2.45, 2.75) is 39.6 Å². The number of ketones is 1. The van der Waals surface area contributed by atoms with Crippen LogP contribution in [0, 0.1) is 0 Å². The lowest BCUT2D eigenvalue weighted by atomic mass is 9.98. The largest absolute Gasteiger partial charge is 0.493 e. The van der Waals surface area contributed by atoms with E-state index in [1.165, 1.54) is 13.0 Å². The zero-order valence-corrected chi connectivity index (χ0v) is 19.4. The van der Waals surface area contributed by atoms with Gasteiger partial charge >= 0.3 is 6.18 Å². The van der Waals surface area contributed by atoms with Crippen LogP contribution in [0.5, 0.6) is 11.5 Å². The van der Waals surface area contributed by atoms with Crippen LogP contribution in [-0.4, -0.2) is 30.0 Å². The summed E-state index contributed by atoms with van der Waals surface area (Å²) in [7, 11) is 0. The van der Waals surface area contributed by atoms with Crippen LogP contribution < -0.4 is 14.4 Å². The van der Waals surface area contributed by atoms with Gasteiger partial charge in [-0.2, -0.15) is 13.2 Å². The van der Waals surface area contributed by atoms with Gasteiger partial charge < -0.3 is 14.6 Å². The van der Waals surface area contributed by atoms with Crippen molar-refractivity contribution in [3.05, 3.63) is 64.7 Å². The standard InChI is InChI=1S/C26H24F3NO5/c1-4-34-22-16-8-6-7-9-17(16)23(35-5-2)21-20(22)24(32)30(25(21)33)19-11-10-15(12-14(3)31)13-18(19)26(27,28)29/h6-11,13,24,32H,4-5,12H2,1-3H3. The van der Waals surface area contributed by atoms with Crippen LogP contribution in [0.4, 0.5) is 18.9 Å². The normalized spacial score (nSPS) is 15.5.